The molecule has 0 fully saturated rings. The van der Waals surface area contributed by atoms with Crippen molar-refractivity contribution >= 4 is 37.1 Å². The number of likely N-dealkylation sites (N-methyl/N-ethyl adjacent to an activating group) is 1. The third kappa shape index (κ3) is 4.97. The molecular formula is C11H19BrN2O2S2. The van der Waals surface area contributed by atoms with Crippen LogP contribution in [-0.4, -0.2) is 45.0 Å². The summed E-state index contributed by atoms with van der Waals surface area (Å²) in [6.45, 7) is 2.43. The molecule has 1 rings (SSSR count). The molecule has 104 valence electrons. The van der Waals surface area contributed by atoms with Gasteiger partial charge in [-0.1, -0.05) is 0 Å². The van der Waals surface area contributed by atoms with Gasteiger partial charge in [-0.2, -0.15) is 0 Å². The molecule has 0 spiro atoms. The lowest BCUT2D eigenvalue weighted by Gasteiger charge is -2.30. The average Bonchev–Trinajstić information content (AvgIpc) is 2.60. The number of nitrogens with two attached hydrogens (primary N) is 1. The average molecular weight is 355 g/mol. The van der Waals surface area contributed by atoms with Crippen LogP contribution in [0.15, 0.2) is 15.9 Å². The second-order valence-electron chi connectivity index (χ2n) is 4.58. The van der Waals surface area contributed by atoms with Gasteiger partial charge in [0.1, 0.15) is 9.84 Å². The van der Waals surface area contributed by atoms with E-state index in [0.717, 1.165) is 9.35 Å². The monoisotopic (exact) mass is 354 g/mol. The van der Waals surface area contributed by atoms with Gasteiger partial charge < -0.3 is 5.73 Å². The molecule has 0 aliphatic carbocycles. The molecule has 0 amide bonds. The Morgan fingerprint density at radius 3 is 2.56 bits per heavy atom. The minimum absolute atomic E-state index is 0.0445. The fourth-order valence-corrected chi connectivity index (χ4v) is 4.15. The third-order valence-electron chi connectivity index (χ3n) is 2.67. The summed E-state index contributed by atoms with van der Waals surface area (Å²) in [4.78, 5) is 3.15. The molecule has 0 aliphatic rings. The first-order valence-electron chi connectivity index (χ1n) is 5.58. The molecule has 2 atom stereocenters. The minimum atomic E-state index is -2.94. The van der Waals surface area contributed by atoms with Crippen LogP contribution in [0, 0.1) is 0 Å². The van der Waals surface area contributed by atoms with E-state index in [2.05, 4.69) is 15.9 Å². The van der Waals surface area contributed by atoms with Gasteiger partial charge in [-0.3, -0.25) is 4.90 Å². The number of thiophene rings is 1. The van der Waals surface area contributed by atoms with Gasteiger partial charge in [-0.15, -0.1) is 11.3 Å². The Morgan fingerprint density at radius 1 is 1.56 bits per heavy atom. The molecule has 2 N–H and O–H groups in total. The van der Waals surface area contributed by atoms with Crippen LogP contribution >= 0.6 is 27.3 Å². The maximum Gasteiger partial charge on any atom is 0.148 e. The number of hydrogen-bond acceptors (Lipinski definition) is 5. The third-order valence-corrected chi connectivity index (χ3v) is 5.36. The Hall–Kier alpha value is 0.0500. The van der Waals surface area contributed by atoms with Crippen molar-refractivity contribution in [2.75, 3.05) is 25.6 Å². The molecule has 0 bridgehead atoms. The van der Waals surface area contributed by atoms with Crippen LogP contribution in [0.25, 0.3) is 0 Å². The first-order valence-corrected chi connectivity index (χ1v) is 9.31. The highest BCUT2D eigenvalue weighted by Gasteiger charge is 2.23. The van der Waals surface area contributed by atoms with Crippen molar-refractivity contribution in [3.63, 3.8) is 0 Å². The minimum Gasteiger partial charge on any atom is -0.326 e. The van der Waals surface area contributed by atoms with Gasteiger partial charge in [0.25, 0.3) is 0 Å². The lowest BCUT2D eigenvalue weighted by molar-refractivity contribution is 0.234. The molecular weight excluding hydrogens is 336 g/mol. The van der Waals surface area contributed by atoms with E-state index in [4.69, 9.17) is 5.73 Å². The molecule has 18 heavy (non-hydrogen) atoms. The normalized spacial score (nSPS) is 15.9. The Bertz CT molecular complexity index is 485. The van der Waals surface area contributed by atoms with Gasteiger partial charge >= 0.3 is 0 Å². The van der Waals surface area contributed by atoms with Crippen molar-refractivity contribution in [1.29, 1.82) is 0 Å². The van der Waals surface area contributed by atoms with Crippen molar-refractivity contribution in [1.82, 2.24) is 4.90 Å². The molecule has 2 unspecified atom stereocenters. The zero-order chi connectivity index (χ0) is 13.9. The van der Waals surface area contributed by atoms with Gasteiger partial charge in [-0.05, 0) is 36.0 Å². The molecule has 0 aromatic carbocycles. The Balaban J connectivity index is 2.79. The predicted octanol–water partition coefficient (Wildman–Crippen LogP) is 1.88. The fourth-order valence-electron chi connectivity index (χ4n) is 1.81. The fraction of sp³-hybridized carbons (Fsp3) is 0.636. The lowest BCUT2D eigenvalue weighted by atomic mass is 10.1. The first kappa shape index (κ1) is 16.1. The van der Waals surface area contributed by atoms with Crippen LogP contribution in [-0.2, 0) is 9.84 Å². The Labute approximate surface area is 121 Å². The molecule has 1 aromatic heterocycles. The summed E-state index contributed by atoms with van der Waals surface area (Å²) in [5.74, 6) is 0.152. The van der Waals surface area contributed by atoms with Crippen molar-refractivity contribution in [2.24, 2.45) is 5.73 Å². The molecule has 4 nitrogen and oxygen atoms in total. The molecule has 7 heteroatoms. The second kappa shape index (κ2) is 6.47. The summed E-state index contributed by atoms with van der Waals surface area (Å²) >= 11 is 5.05. The molecule has 1 aromatic rings. The van der Waals surface area contributed by atoms with E-state index in [1.54, 1.807) is 11.3 Å². The maximum atomic E-state index is 11.2. The van der Waals surface area contributed by atoms with Gasteiger partial charge in [0.15, 0.2) is 0 Å². The zero-order valence-electron chi connectivity index (χ0n) is 10.8. The SMILES string of the molecule is CC(N)C(c1cc(Br)cs1)N(C)CCS(C)(=O)=O. The quantitative estimate of drug-likeness (QED) is 0.846. The first-order chi connectivity index (χ1) is 8.20. The lowest BCUT2D eigenvalue weighted by Crippen LogP contribution is -2.38. The molecule has 1 heterocycles. The summed E-state index contributed by atoms with van der Waals surface area (Å²) in [6.07, 6.45) is 1.25. The summed E-state index contributed by atoms with van der Waals surface area (Å²) in [5.41, 5.74) is 6.02. The highest BCUT2D eigenvalue weighted by Crippen LogP contribution is 2.30. The topological polar surface area (TPSA) is 63.4 Å². The number of halogens is 1. The van der Waals surface area contributed by atoms with E-state index >= 15 is 0 Å². The summed E-state index contributed by atoms with van der Waals surface area (Å²) in [6, 6.07) is 2.03. The number of sulfone groups is 1. The molecule has 0 aliphatic heterocycles. The Morgan fingerprint density at radius 2 is 2.17 bits per heavy atom. The van der Waals surface area contributed by atoms with Crippen LogP contribution in [0.4, 0.5) is 0 Å². The highest BCUT2D eigenvalue weighted by atomic mass is 79.9. The Kier molecular flexibility index (Phi) is 5.79. The van der Waals surface area contributed by atoms with E-state index in [1.807, 2.05) is 30.3 Å². The number of hydrogen-bond donors (Lipinski definition) is 1. The maximum absolute atomic E-state index is 11.2. The van der Waals surface area contributed by atoms with Gasteiger partial charge in [0, 0.05) is 33.6 Å². The van der Waals surface area contributed by atoms with E-state index in [0.29, 0.717) is 6.54 Å². The van der Waals surface area contributed by atoms with Crippen LogP contribution in [0.5, 0.6) is 0 Å². The largest absolute Gasteiger partial charge is 0.326 e. The van der Waals surface area contributed by atoms with Crippen molar-refractivity contribution in [3.8, 4) is 0 Å². The van der Waals surface area contributed by atoms with E-state index in [-0.39, 0.29) is 17.8 Å². The van der Waals surface area contributed by atoms with Crippen LogP contribution < -0.4 is 5.73 Å². The van der Waals surface area contributed by atoms with E-state index in [9.17, 15) is 8.42 Å². The molecule has 0 saturated heterocycles. The zero-order valence-corrected chi connectivity index (χ0v) is 14.0. The van der Waals surface area contributed by atoms with E-state index in [1.165, 1.54) is 6.26 Å². The highest BCUT2D eigenvalue weighted by molar-refractivity contribution is 9.10. The standard InChI is InChI=1S/C11H19BrN2O2S2/c1-8(13)11(10-6-9(12)7-17-10)14(2)4-5-18(3,15)16/h6-8,11H,4-5,13H2,1-3H3. The number of rotatable bonds is 6. The summed E-state index contributed by atoms with van der Waals surface area (Å²) < 4.78 is 23.4. The van der Waals surface area contributed by atoms with E-state index < -0.39 is 9.84 Å². The van der Waals surface area contributed by atoms with Crippen molar-refractivity contribution in [3.05, 3.63) is 20.8 Å². The predicted molar refractivity (Wildman–Crippen MR) is 80.8 cm³/mol. The van der Waals surface area contributed by atoms with Crippen LogP contribution in [0.2, 0.25) is 0 Å². The van der Waals surface area contributed by atoms with Crippen molar-refractivity contribution < 1.29 is 8.42 Å². The second-order valence-corrected chi connectivity index (χ2v) is 8.70. The molecule has 0 radical (unpaired) electrons. The van der Waals surface area contributed by atoms with Gasteiger partial charge in [-0.25, -0.2) is 8.42 Å². The van der Waals surface area contributed by atoms with Crippen LogP contribution in [0.1, 0.15) is 17.8 Å². The smallest absolute Gasteiger partial charge is 0.148 e. The molecule has 0 saturated carbocycles. The van der Waals surface area contributed by atoms with Crippen molar-refractivity contribution in [2.45, 2.75) is 19.0 Å². The van der Waals surface area contributed by atoms with Gasteiger partial charge in [0.05, 0.1) is 11.8 Å². The van der Waals surface area contributed by atoms with Crippen LogP contribution in [0.3, 0.4) is 0 Å². The summed E-state index contributed by atoms with van der Waals surface area (Å²) in [7, 11) is -1.03. The number of nitrogens with zero attached hydrogens (tertiary/aromatic N) is 1. The van der Waals surface area contributed by atoms with Gasteiger partial charge in [0.2, 0.25) is 0 Å². The summed E-state index contributed by atoms with van der Waals surface area (Å²) in [5, 5.41) is 2.01.